The number of fused-ring (bicyclic) bond motifs is 1. The summed E-state index contributed by atoms with van der Waals surface area (Å²) >= 11 is 0. The Labute approximate surface area is 116 Å². The zero-order valence-electron chi connectivity index (χ0n) is 10.7. The molecule has 0 bridgehead atoms. The molecule has 0 fully saturated rings. The first-order valence-electron chi connectivity index (χ1n) is 6.33. The molecule has 2 heterocycles. The van der Waals surface area contributed by atoms with Crippen LogP contribution in [0.25, 0.3) is 0 Å². The number of nitrogens with one attached hydrogen (secondary N) is 1. The number of nitrogens with zero attached hydrogens (tertiary/aromatic N) is 2. The van der Waals surface area contributed by atoms with Gasteiger partial charge in [0.15, 0.2) is 11.5 Å². The van der Waals surface area contributed by atoms with Crippen molar-refractivity contribution in [3.8, 4) is 17.6 Å². The van der Waals surface area contributed by atoms with Crippen molar-refractivity contribution in [3.05, 3.63) is 48.2 Å². The SMILES string of the molecule is N#Cc1ccc(NCC2COc3ccccc3O2)nc1. The molecule has 1 unspecified atom stereocenters. The monoisotopic (exact) mass is 267 g/mol. The topological polar surface area (TPSA) is 67.2 Å². The van der Waals surface area contributed by atoms with Crippen LogP contribution in [0.1, 0.15) is 5.56 Å². The summed E-state index contributed by atoms with van der Waals surface area (Å²) in [6, 6.07) is 13.2. The van der Waals surface area contributed by atoms with Gasteiger partial charge in [0.25, 0.3) is 0 Å². The van der Waals surface area contributed by atoms with Crippen LogP contribution < -0.4 is 14.8 Å². The summed E-state index contributed by atoms with van der Waals surface area (Å²) in [5, 5.41) is 11.9. The Morgan fingerprint density at radius 1 is 1.25 bits per heavy atom. The first-order chi connectivity index (χ1) is 9.85. The van der Waals surface area contributed by atoms with E-state index < -0.39 is 0 Å². The molecule has 2 aromatic rings. The fraction of sp³-hybridized carbons (Fsp3) is 0.200. The highest BCUT2D eigenvalue weighted by Crippen LogP contribution is 2.30. The summed E-state index contributed by atoms with van der Waals surface area (Å²) < 4.78 is 11.5. The van der Waals surface area contributed by atoms with Gasteiger partial charge in [-0.1, -0.05) is 12.1 Å². The molecule has 1 aliphatic heterocycles. The maximum absolute atomic E-state index is 8.71. The minimum atomic E-state index is -0.0673. The van der Waals surface area contributed by atoms with Gasteiger partial charge in [0, 0.05) is 6.20 Å². The van der Waals surface area contributed by atoms with Crippen LogP contribution in [0.5, 0.6) is 11.5 Å². The molecule has 100 valence electrons. The van der Waals surface area contributed by atoms with Crippen molar-refractivity contribution in [1.82, 2.24) is 4.98 Å². The van der Waals surface area contributed by atoms with Crippen molar-refractivity contribution in [1.29, 1.82) is 5.26 Å². The van der Waals surface area contributed by atoms with Crippen LogP contribution in [-0.4, -0.2) is 24.2 Å². The molecular formula is C15H13N3O2. The second-order valence-electron chi connectivity index (χ2n) is 4.42. The predicted molar refractivity (Wildman–Crippen MR) is 73.8 cm³/mol. The predicted octanol–water partition coefficient (Wildman–Crippen LogP) is 2.21. The molecule has 1 aromatic heterocycles. The summed E-state index contributed by atoms with van der Waals surface area (Å²) in [4.78, 5) is 4.15. The number of benzene rings is 1. The Balaban J connectivity index is 1.58. The molecule has 0 spiro atoms. The van der Waals surface area contributed by atoms with Crippen molar-refractivity contribution in [2.75, 3.05) is 18.5 Å². The van der Waals surface area contributed by atoms with E-state index in [1.54, 1.807) is 12.1 Å². The van der Waals surface area contributed by atoms with Crippen molar-refractivity contribution in [3.63, 3.8) is 0 Å². The van der Waals surface area contributed by atoms with Crippen LogP contribution >= 0.6 is 0 Å². The third-order valence-electron chi connectivity index (χ3n) is 2.97. The van der Waals surface area contributed by atoms with Gasteiger partial charge in [0.1, 0.15) is 24.6 Å². The fourth-order valence-electron chi connectivity index (χ4n) is 1.95. The second-order valence-corrected chi connectivity index (χ2v) is 4.42. The molecule has 1 N–H and O–H groups in total. The molecule has 0 radical (unpaired) electrons. The molecule has 20 heavy (non-hydrogen) atoms. The number of ether oxygens (including phenoxy) is 2. The molecule has 0 aliphatic carbocycles. The van der Waals surface area contributed by atoms with Crippen molar-refractivity contribution < 1.29 is 9.47 Å². The van der Waals surface area contributed by atoms with Gasteiger partial charge in [-0.3, -0.25) is 0 Å². The lowest BCUT2D eigenvalue weighted by Crippen LogP contribution is -2.35. The molecular weight excluding hydrogens is 254 g/mol. The van der Waals surface area contributed by atoms with Crippen molar-refractivity contribution in [2.45, 2.75) is 6.10 Å². The normalized spacial score (nSPS) is 16.2. The highest BCUT2D eigenvalue weighted by atomic mass is 16.6. The highest BCUT2D eigenvalue weighted by molar-refractivity contribution is 5.42. The lowest BCUT2D eigenvalue weighted by molar-refractivity contribution is 0.0997. The second kappa shape index (κ2) is 5.49. The fourth-order valence-corrected chi connectivity index (χ4v) is 1.95. The molecule has 1 atom stereocenters. The number of pyridine rings is 1. The summed E-state index contributed by atoms with van der Waals surface area (Å²) in [6.07, 6.45) is 1.47. The van der Waals surface area contributed by atoms with Crippen molar-refractivity contribution in [2.24, 2.45) is 0 Å². The Bertz CT molecular complexity index is 634. The van der Waals surface area contributed by atoms with E-state index in [4.69, 9.17) is 14.7 Å². The molecule has 0 saturated carbocycles. The lowest BCUT2D eigenvalue weighted by Gasteiger charge is -2.26. The zero-order valence-corrected chi connectivity index (χ0v) is 10.7. The number of para-hydroxylation sites is 2. The van der Waals surface area contributed by atoms with Gasteiger partial charge in [-0.25, -0.2) is 4.98 Å². The summed E-state index contributed by atoms with van der Waals surface area (Å²) in [5.41, 5.74) is 0.543. The number of aromatic nitrogens is 1. The van der Waals surface area contributed by atoms with E-state index in [1.807, 2.05) is 30.3 Å². The van der Waals surface area contributed by atoms with Gasteiger partial charge < -0.3 is 14.8 Å². The average molecular weight is 267 g/mol. The molecule has 3 rings (SSSR count). The number of rotatable bonds is 3. The van der Waals surface area contributed by atoms with Crippen molar-refractivity contribution >= 4 is 5.82 Å². The standard InChI is InChI=1S/C15H13N3O2/c16-7-11-5-6-15(17-8-11)18-9-12-10-19-13-3-1-2-4-14(13)20-12/h1-6,8,12H,9-10H2,(H,17,18). The van der Waals surface area contributed by atoms with Crippen LogP contribution in [0, 0.1) is 11.3 Å². The van der Waals surface area contributed by atoms with Crippen LogP contribution in [0.3, 0.4) is 0 Å². The minimum Gasteiger partial charge on any atom is -0.486 e. The number of hydrogen-bond acceptors (Lipinski definition) is 5. The van der Waals surface area contributed by atoms with Gasteiger partial charge >= 0.3 is 0 Å². The Kier molecular flexibility index (Phi) is 3.38. The molecule has 1 aromatic carbocycles. The number of nitriles is 1. The maximum Gasteiger partial charge on any atom is 0.161 e. The quantitative estimate of drug-likeness (QED) is 0.923. The van der Waals surface area contributed by atoms with Crippen LogP contribution in [0.4, 0.5) is 5.82 Å². The van der Waals surface area contributed by atoms with Gasteiger partial charge in [0.05, 0.1) is 12.1 Å². The zero-order chi connectivity index (χ0) is 13.8. The summed E-state index contributed by atoms with van der Waals surface area (Å²) in [7, 11) is 0. The Hall–Kier alpha value is -2.74. The van der Waals surface area contributed by atoms with Crippen LogP contribution in [-0.2, 0) is 0 Å². The van der Waals surface area contributed by atoms with Gasteiger partial charge in [0.2, 0.25) is 0 Å². The van der Waals surface area contributed by atoms with Gasteiger partial charge in [-0.2, -0.15) is 5.26 Å². The van der Waals surface area contributed by atoms with Crippen LogP contribution in [0.2, 0.25) is 0 Å². The number of anilines is 1. The van der Waals surface area contributed by atoms with Crippen LogP contribution in [0.15, 0.2) is 42.6 Å². The molecule has 0 amide bonds. The first-order valence-corrected chi connectivity index (χ1v) is 6.33. The van der Waals surface area contributed by atoms with Gasteiger partial charge in [-0.15, -0.1) is 0 Å². The van der Waals surface area contributed by atoms with Gasteiger partial charge in [-0.05, 0) is 24.3 Å². The summed E-state index contributed by atoms with van der Waals surface area (Å²) in [6.45, 7) is 1.09. The molecule has 5 nitrogen and oxygen atoms in total. The average Bonchev–Trinajstić information content (AvgIpc) is 2.53. The molecule has 5 heteroatoms. The van der Waals surface area contributed by atoms with E-state index in [0.717, 1.165) is 11.5 Å². The van der Waals surface area contributed by atoms with E-state index >= 15 is 0 Å². The Morgan fingerprint density at radius 2 is 2.10 bits per heavy atom. The van der Waals surface area contributed by atoms with E-state index in [1.165, 1.54) is 6.20 Å². The van der Waals surface area contributed by atoms with E-state index in [9.17, 15) is 0 Å². The minimum absolute atomic E-state index is 0.0673. The highest BCUT2D eigenvalue weighted by Gasteiger charge is 2.20. The van der Waals surface area contributed by atoms with E-state index in [-0.39, 0.29) is 6.10 Å². The smallest absolute Gasteiger partial charge is 0.161 e. The van der Waals surface area contributed by atoms with E-state index in [0.29, 0.717) is 24.5 Å². The largest absolute Gasteiger partial charge is 0.486 e. The Morgan fingerprint density at radius 3 is 2.85 bits per heavy atom. The molecule has 1 aliphatic rings. The summed E-state index contributed by atoms with van der Waals surface area (Å²) in [5.74, 6) is 2.25. The third kappa shape index (κ3) is 2.64. The maximum atomic E-state index is 8.71. The third-order valence-corrected chi connectivity index (χ3v) is 2.97. The molecule has 0 saturated heterocycles. The lowest BCUT2D eigenvalue weighted by atomic mass is 10.2. The number of hydrogen-bond donors (Lipinski definition) is 1. The van der Waals surface area contributed by atoms with E-state index in [2.05, 4.69) is 10.3 Å². The first kappa shape index (κ1) is 12.3.